The lowest BCUT2D eigenvalue weighted by Crippen LogP contribution is -2.46. The van der Waals surface area contributed by atoms with E-state index in [0.717, 1.165) is 0 Å². The Hall–Kier alpha value is -2.36. The van der Waals surface area contributed by atoms with Crippen molar-refractivity contribution in [2.45, 2.75) is 19.9 Å². The number of anilines is 1. The molecule has 162 valence electrons. The maximum Gasteiger partial charge on any atom is 0.254 e. The van der Waals surface area contributed by atoms with Gasteiger partial charge in [-0.1, -0.05) is 13.8 Å². The third-order valence-corrected chi connectivity index (χ3v) is 4.46. The number of nitrogens with one attached hydrogen (secondary N) is 2. The van der Waals surface area contributed by atoms with E-state index in [2.05, 4.69) is 10.6 Å². The Labute approximate surface area is 176 Å². The van der Waals surface area contributed by atoms with Gasteiger partial charge in [-0.3, -0.25) is 14.4 Å². The van der Waals surface area contributed by atoms with E-state index in [1.807, 2.05) is 13.8 Å². The highest BCUT2D eigenvalue weighted by atomic mass is 35.5. The average Bonchev–Trinajstić information content (AvgIpc) is 2.71. The highest BCUT2D eigenvalue weighted by Gasteiger charge is 2.21. The van der Waals surface area contributed by atoms with Crippen LogP contribution < -0.4 is 21.1 Å². The van der Waals surface area contributed by atoms with Crippen molar-refractivity contribution in [3.05, 3.63) is 23.8 Å². The summed E-state index contributed by atoms with van der Waals surface area (Å²) in [6, 6.07) is 4.15. The molecule has 1 saturated heterocycles. The van der Waals surface area contributed by atoms with Crippen LogP contribution in [0.4, 0.5) is 5.69 Å². The largest absolute Gasteiger partial charge is 0.495 e. The van der Waals surface area contributed by atoms with Crippen LogP contribution >= 0.6 is 12.4 Å². The summed E-state index contributed by atoms with van der Waals surface area (Å²) in [5, 5.41) is 5.17. The zero-order valence-electron chi connectivity index (χ0n) is 16.9. The van der Waals surface area contributed by atoms with Gasteiger partial charge in [-0.05, 0) is 24.1 Å². The number of hydrogen-bond acceptors (Lipinski definition) is 6. The van der Waals surface area contributed by atoms with Crippen LogP contribution in [-0.4, -0.2) is 68.6 Å². The van der Waals surface area contributed by atoms with Gasteiger partial charge in [0, 0.05) is 18.7 Å². The quantitative estimate of drug-likeness (QED) is 0.585. The monoisotopic (exact) mass is 428 g/mol. The number of nitrogens with two attached hydrogens (primary N) is 1. The molecule has 0 saturated carbocycles. The van der Waals surface area contributed by atoms with Gasteiger partial charge in [0.25, 0.3) is 5.91 Å². The molecule has 1 aliphatic rings. The Morgan fingerprint density at radius 3 is 2.48 bits per heavy atom. The minimum Gasteiger partial charge on any atom is -0.495 e. The van der Waals surface area contributed by atoms with E-state index in [9.17, 15) is 14.4 Å². The van der Waals surface area contributed by atoms with Gasteiger partial charge in [-0.25, -0.2) is 0 Å². The molecule has 3 amide bonds. The molecule has 0 bridgehead atoms. The van der Waals surface area contributed by atoms with Gasteiger partial charge in [0.1, 0.15) is 5.75 Å². The zero-order chi connectivity index (χ0) is 20.7. The second-order valence-corrected chi connectivity index (χ2v) is 6.86. The molecule has 1 aromatic carbocycles. The van der Waals surface area contributed by atoms with Crippen molar-refractivity contribution in [2.24, 2.45) is 11.7 Å². The van der Waals surface area contributed by atoms with Gasteiger partial charge in [0.15, 0.2) is 0 Å². The van der Waals surface area contributed by atoms with Crippen molar-refractivity contribution in [1.82, 2.24) is 10.2 Å². The number of carbonyl (C=O) groups excluding carboxylic acids is 3. The van der Waals surface area contributed by atoms with E-state index < -0.39 is 17.9 Å². The first-order chi connectivity index (χ1) is 13.3. The minimum absolute atomic E-state index is 0. The van der Waals surface area contributed by atoms with Gasteiger partial charge < -0.3 is 30.7 Å². The molecule has 1 atom stereocenters. The molecule has 1 fully saturated rings. The lowest BCUT2D eigenvalue weighted by Gasteiger charge is -2.27. The normalized spacial score (nSPS) is 14.6. The summed E-state index contributed by atoms with van der Waals surface area (Å²) in [5.74, 6) is -0.604. The molecule has 9 nitrogen and oxygen atoms in total. The van der Waals surface area contributed by atoms with Crippen LogP contribution in [0.25, 0.3) is 0 Å². The van der Waals surface area contributed by atoms with Crippen LogP contribution in [0.1, 0.15) is 24.2 Å². The Balaban J connectivity index is 0.00000420. The van der Waals surface area contributed by atoms with Gasteiger partial charge in [0.05, 0.1) is 38.6 Å². The Morgan fingerprint density at radius 1 is 1.24 bits per heavy atom. The van der Waals surface area contributed by atoms with Crippen LogP contribution in [-0.2, 0) is 14.3 Å². The zero-order valence-corrected chi connectivity index (χ0v) is 17.7. The van der Waals surface area contributed by atoms with Crippen molar-refractivity contribution in [1.29, 1.82) is 0 Å². The average molecular weight is 429 g/mol. The smallest absolute Gasteiger partial charge is 0.254 e. The second-order valence-electron chi connectivity index (χ2n) is 6.86. The molecule has 1 aliphatic heterocycles. The molecule has 0 aromatic heterocycles. The first kappa shape index (κ1) is 24.7. The minimum atomic E-state index is -0.684. The third-order valence-electron chi connectivity index (χ3n) is 4.46. The van der Waals surface area contributed by atoms with Crippen LogP contribution in [0.3, 0.4) is 0 Å². The van der Waals surface area contributed by atoms with E-state index in [1.54, 1.807) is 23.1 Å². The fourth-order valence-electron chi connectivity index (χ4n) is 2.67. The predicted octanol–water partition coefficient (Wildman–Crippen LogP) is 0.627. The SMILES string of the molecule is COc1ccc(C(=O)N2CCOCC2)cc1NC(=O)CNC(=O)[C@@H](N)C(C)C.Cl. The molecule has 0 spiro atoms. The lowest BCUT2D eigenvalue weighted by atomic mass is 10.1. The van der Waals surface area contributed by atoms with E-state index >= 15 is 0 Å². The van der Waals surface area contributed by atoms with E-state index in [-0.39, 0.29) is 30.8 Å². The van der Waals surface area contributed by atoms with Crippen LogP contribution in [0, 0.1) is 5.92 Å². The molecule has 1 aromatic rings. The summed E-state index contributed by atoms with van der Waals surface area (Å²) in [7, 11) is 1.47. The molecule has 0 aliphatic carbocycles. The molecular formula is C19H29ClN4O5. The number of amides is 3. The first-order valence-electron chi connectivity index (χ1n) is 9.21. The van der Waals surface area contributed by atoms with Crippen LogP contribution in [0.15, 0.2) is 18.2 Å². The predicted molar refractivity (Wildman–Crippen MR) is 111 cm³/mol. The third kappa shape index (κ3) is 6.88. The van der Waals surface area contributed by atoms with Crippen molar-refractivity contribution in [3.63, 3.8) is 0 Å². The van der Waals surface area contributed by atoms with E-state index in [0.29, 0.717) is 43.3 Å². The van der Waals surface area contributed by atoms with E-state index in [1.165, 1.54) is 7.11 Å². The van der Waals surface area contributed by atoms with Crippen molar-refractivity contribution < 1.29 is 23.9 Å². The van der Waals surface area contributed by atoms with Crippen LogP contribution in [0.2, 0.25) is 0 Å². The summed E-state index contributed by atoms with van der Waals surface area (Å²) in [5.41, 5.74) is 6.54. The Kier molecular flexibility index (Phi) is 9.87. The number of halogens is 1. The topological polar surface area (TPSA) is 123 Å². The highest BCUT2D eigenvalue weighted by molar-refractivity contribution is 5.99. The summed E-state index contributed by atoms with van der Waals surface area (Å²) in [6.45, 7) is 5.47. The first-order valence-corrected chi connectivity index (χ1v) is 9.21. The van der Waals surface area contributed by atoms with Crippen molar-refractivity contribution in [2.75, 3.05) is 45.3 Å². The van der Waals surface area contributed by atoms with Crippen LogP contribution in [0.5, 0.6) is 5.75 Å². The Morgan fingerprint density at radius 2 is 1.90 bits per heavy atom. The number of morpholine rings is 1. The van der Waals surface area contributed by atoms with Gasteiger partial charge >= 0.3 is 0 Å². The van der Waals surface area contributed by atoms with Crippen molar-refractivity contribution >= 4 is 35.8 Å². The number of ether oxygens (including phenoxy) is 2. The number of methoxy groups -OCH3 is 1. The number of carbonyl (C=O) groups is 3. The molecular weight excluding hydrogens is 400 g/mol. The molecule has 2 rings (SSSR count). The number of benzene rings is 1. The second kappa shape index (κ2) is 11.6. The molecule has 0 radical (unpaired) electrons. The molecule has 29 heavy (non-hydrogen) atoms. The number of nitrogens with zero attached hydrogens (tertiary/aromatic N) is 1. The van der Waals surface area contributed by atoms with Gasteiger partial charge in [-0.15, -0.1) is 12.4 Å². The number of rotatable bonds is 7. The maximum atomic E-state index is 12.6. The molecule has 10 heteroatoms. The Bertz CT molecular complexity index is 723. The fraction of sp³-hybridized carbons (Fsp3) is 0.526. The molecule has 0 unspecified atom stereocenters. The summed E-state index contributed by atoms with van der Waals surface area (Å²) >= 11 is 0. The molecule has 4 N–H and O–H groups in total. The number of hydrogen-bond donors (Lipinski definition) is 3. The molecule has 1 heterocycles. The van der Waals surface area contributed by atoms with Gasteiger partial charge in [-0.2, -0.15) is 0 Å². The lowest BCUT2D eigenvalue weighted by molar-refractivity contribution is -0.125. The van der Waals surface area contributed by atoms with Gasteiger partial charge in [0.2, 0.25) is 11.8 Å². The summed E-state index contributed by atoms with van der Waals surface area (Å²) < 4.78 is 10.5. The highest BCUT2D eigenvalue weighted by Crippen LogP contribution is 2.26. The van der Waals surface area contributed by atoms with Crippen molar-refractivity contribution in [3.8, 4) is 5.75 Å². The summed E-state index contributed by atoms with van der Waals surface area (Å²) in [4.78, 5) is 38.4. The summed E-state index contributed by atoms with van der Waals surface area (Å²) in [6.07, 6.45) is 0. The standard InChI is InChI=1S/C19H28N4O5.ClH/c1-12(2)17(20)18(25)21-11-16(24)22-14-10-13(4-5-15(14)27-3)19(26)23-6-8-28-9-7-23;/h4-5,10,12,17H,6-9,11,20H2,1-3H3,(H,21,25)(H,22,24);1H/t17-;/m0./s1. The maximum absolute atomic E-state index is 12.6. The van der Waals surface area contributed by atoms with E-state index in [4.69, 9.17) is 15.2 Å². The fourth-order valence-corrected chi connectivity index (χ4v) is 2.67.